The Morgan fingerprint density at radius 1 is 1.18 bits per heavy atom. The molecule has 0 saturated carbocycles. The van der Waals surface area contributed by atoms with Crippen LogP contribution in [-0.4, -0.2) is 31.6 Å². The van der Waals surface area contributed by atoms with Crippen LogP contribution in [0.1, 0.15) is 27.2 Å². The minimum Gasteiger partial charge on any atom is -0.354 e. The Labute approximate surface area is 102 Å². The van der Waals surface area contributed by atoms with Crippen LogP contribution in [0.3, 0.4) is 0 Å². The second-order valence-electron chi connectivity index (χ2n) is 5.28. The molecule has 0 aliphatic rings. The van der Waals surface area contributed by atoms with E-state index in [9.17, 15) is 9.59 Å². The van der Waals surface area contributed by atoms with Gasteiger partial charge in [0.25, 0.3) is 0 Å². The second-order valence-corrected chi connectivity index (χ2v) is 5.28. The van der Waals surface area contributed by atoms with Crippen LogP contribution in [0.15, 0.2) is 0 Å². The largest absolute Gasteiger partial charge is 0.354 e. The molecule has 6 N–H and O–H groups in total. The summed E-state index contributed by atoms with van der Waals surface area (Å²) in [5.74, 6) is -0.266. The van der Waals surface area contributed by atoms with E-state index in [4.69, 9.17) is 11.5 Å². The van der Waals surface area contributed by atoms with Crippen LogP contribution in [-0.2, 0) is 4.79 Å². The van der Waals surface area contributed by atoms with E-state index in [0.717, 1.165) is 6.42 Å². The summed E-state index contributed by atoms with van der Waals surface area (Å²) in [6.07, 6.45) is 0.735. The number of carbonyl (C=O) groups is 2. The van der Waals surface area contributed by atoms with Crippen LogP contribution in [0, 0.1) is 11.3 Å². The first-order valence-corrected chi connectivity index (χ1v) is 5.77. The van der Waals surface area contributed by atoms with E-state index in [2.05, 4.69) is 31.4 Å². The van der Waals surface area contributed by atoms with Crippen molar-refractivity contribution in [1.29, 1.82) is 0 Å². The Kier molecular flexibility index (Phi) is 6.57. The van der Waals surface area contributed by atoms with Gasteiger partial charge in [0, 0.05) is 19.6 Å². The number of primary amides is 1. The van der Waals surface area contributed by atoms with Crippen molar-refractivity contribution < 1.29 is 9.59 Å². The fraction of sp³-hybridized carbons (Fsp3) is 0.818. The predicted molar refractivity (Wildman–Crippen MR) is 67.2 cm³/mol. The first-order valence-electron chi connectivity index (χ1n) is 5.77. The minimum atomic E-state index is -0.593. The van der Waals surface area contributed by atoms with E-state index in [1.54, 1.807) is 0 Å². The number of nitrogens with one attached hydrogen (secondary N) is 2. The first kappa shape index (κ1) is 15.7. The van der Waals surface area contributed by atoms with Crippen molar-refractivity contribution >= 4 is 11.9 Å². The first-order chi connectivity index (χ1) is 7.76. The van der Waals surface area contributed by atoms with Crippen LogP contribution in [0.5, 0.6) is 0 Å². The summed E-state index contributed by atoms with van der Waals surface area (Å²) < 4.78 is 0. The molecule has 0 bridgehead atoms. The van der Waals surface area contributed by atoms with Gasteiger partial charge in [0.2, 0.25) is 5.91 Å². The molecule has 0 aromatic rings. The summed E-state index contributed by atoms with van der Waals surface area (Å²) in [6.45, 7) is 7.22. The zero-order chi connectivity index (χ0) is 13.5. The van der Waals surface area contributed by atoms with Gasteiger partial charge < -0.3 is 22.1 Å². The molecular weight excluding hydrogens is 220 g/mol. The van der Waals surface area contributed by atoms with Crippen molar-refractivity contribution in [3.05, 3.63) is 0 Å². The Bertz CT molecular complexity index is 261. The van der Waals surface area contributed by atoms with E-state index in [1.807, 2.05) is 0 Å². The average Bonchev–Trinajstić information content (AvgIpc) is 2.19. The molecule has 0 spiro atoms. The highest BCUT2D eigenvalue weighted by Crippen LogP contribution is 2.23. The maximum Gasteiger partial charge on any atom is 0.312 e. The number of rotatable bonds is 6. The second kappa shape index (κ2) is 7.11. The van der Waals surface area contributed by atoms with Crippen molar-refractivity contribution in [2.45, 2.75) is 27.2 Å². The van der Waals surface area contributed by atoms with Gasteiger partial charge in [0.05, 0.1) is 5.92 Å². The lowest BCUT2D eigenvalue weighted by Crippen LogP contribution is -2.41. The molecule has 0 fully saturated rings. The van der Waals surface area contributed by atoms with Gasteiger partial charge in [0.15, 0.2) is 0 Å². The lowest BCUT2D eigenvalue weighted by molar-refractivity contribution is -0.125. The third kappa shape index (κ3) is 8.50. The number of carbonyl (C=O) groups excluding carboxylic acids is 2. The van der Waals surface area contributed by atoms with Crippen LogP contribution in [0.2, 0.25) is 0 Å². The molecule has 0 aliphatic carbocycles. The highest BCUT2D eigenvalue weighted by atomic mass is 16.2. The van der Waals surface area contributed by atoms with Gasteiger partial charge in [-0.1, -0.05) is 20.8 Å². The average molecular weight is 244 g/mol. The summed E-state index contributed by atoms with van der Waals surface area (Å²) in [5, 5.41) is 5.12. The Morgan fingerprint density at radius 3 is 2.12 bits per heavy atom. The zero-order valence-corrected chi connectivity index (χ0v) is 10.9. The zero-order valence-electron chi connectivity index (χ0n) is 10.9. The summed E-state index contributed by atoms with van der Waals surface area (Å²) in [4.78, 5) is 22.2. The molecular formula is C11H24N4O2. The fourth-order valence-corrected chi connectivity index (χ4v) is 1.54. The number of hydrogen-bond acceptors (Lipinski definition) is 3. The molecule has 0 saturated heterocycles. The van der Waals surface area contributed by atoms with E-state index in [-0.39, 0.29) is 17.2 Å². The summed E-state index contributed by atoms with van der Waals surface area (Å²) >= 11 is 0. The van der Waals surface area contributed by atoms with Crippen LogP contribution in [0.4, 0.5) is 4.79 Å². The topological polar surface area (TPSA) is 110 Å². The van der Waals surface area contributed by atoms with E-state index < -0.39 is 6.03 Å². The van der Waals surface area contributed by atoms with Gasteiger partial charge in [-0.05, 0) is 11.8 Å². The quantitative estimate of drug-likeness (QED) is 0.485. The standard InChI is InChI=1S/C11H24N4O2/c1-11(2,3)6-8(7-12)9(16)14-4-5-15-10(13)17/h8H,4-7,12H2,1-3H3,(H,14,16)(H3,13,15,17). The van der Waals surface area contributed by atoms with E-state index in [0.29, 0.717) is 19.6 Å². The van der Waals surface area contributed by atoms with Crippen molar-refractivity contribution in [3.8, 4) is 0 Å². The number of nitrogens with two attached hydrogens (primary N) is 2. The Morgan fingerprint density at radius 2 is 1.71 bits per heavy atom. The van der Waals surface area contributed by atoms with Crippen molar-refractivity contribution in [1.82, 2.24) is 10.6 Å². The van der Waals surface area contributed by atoms with Crippen molar-refractivity contribution in [3.63, 3.8) is 0 Å². The third-order valence-electron chi connectivity index (χ3n) is 2.24. The summed E-state index contributed by atoms with van der Waals surface area (Å²) in [5.41, 5.74) is 10.5. The van der Waals surface area contributed by atoms with Gasteiger partial charge >= 0.3 is 6.03 Å². The molecule has 0 radical (unpaired) electrons. The van der Waals surface area contributed by atoms with Gasteiger partial charge in [-0.15, -0.1) is 0 Å². The lowest BCUT2D eigenvalue weighted by atomic mass is 9.84. The van der Waals surface area contributed by atoms with Crippen molar-refractivity contribution in [2.24, 2.45) is 22.8 Å². The molecule has 1 unspecified atom stereocenters. The molecule has 100 valence electrons. The Hall–Kier alpha value is -1.30. The van der Waals surface area contributed by atoms with Gasteiger partial charge in [-0.2, -0.15) is 0 Å². The molecule has 6 heteroatoms. The van der Waals surface area contributed by atoms with Crippen molar-refractivity contribution in [2.75, 3.05) is 19.6 Å². The molecule has 0 aliphatic heterocycles. The minimum absolute atomic E-state index is 0.0624. The highest BCUT2D eigenvalue weighted by molar-refractivity contribution is 5.79. The Balaban J connectivity index is 3.97. The van der Waals surface area contributed by atoms with Crippen LogP contribution >= 0.6 is 0 Å². The molecule has 17 heavy (non-hydrogen) atoms. The maximum absolute atomic E-state index is 11.8. The molecule has 0 rings (SSSR count). The van der Waals surface area contributed by atoms with E-state index in [1.165, 1.54) is 0 Å². The van der Waals surface area contributed by atoms with Gasteiger partial charge in [-0.3, -0.25) is 4.79 Å². The SMILES string of the molecule is CC(C)(C)CC(CN)C(=O)NCCNC(N)=O. The molecule has 0 heterocycles. The van der Waals surface area contributed by atoms with Crippen LogP contribution in [0.25, 0.3) is 0 Å². The van der Waals surface area contributed by atoms with Gasteiger partial charge in [0.1, 0.15) is 0 Å². The van der Waals surface area contributed by atoms with E-state index >= 15 is 0 Å². The van der Waals surface area contributed by atoms with Gasteiger partial charge in [-0.25, -0.2) is 4.79 Å². The summed E-state index contributed by atoms with van der Waals surface area (Å²) in [6, 6.07) is -0.593. The number of amides is 3. The molecule has 6 nitrogen and oxygen atoms in total. The highest BCUT2D eigenvalue weighted by Gasteiger charge is 2.23. The normalized spacial score (nSPS) is 12.9. The monoisotopic (exact) mass is 244 g/mol. The maximum atomic E-state index is 11.8. The summed E-state index contributed by atoms with van der Waals surface area (Å²) in [7, 11) is 0. The fourth-order valence-electron chi connectivity index (χ4n) is 1.54. The number of urea groups is 1. The molecule has 3 amide bonds. The lowest BCUT2D eigenvalue weighted by Gasteiger charge is -2.24. The molecule has 1 atom stereocenters. The predicted octanol–water partition coefficient (Wildman–Crippen LogP) is -0.218. The molecule has 0 aromatic carbocycles. The number of hydrogen-bond donors (Lipinski definition) is 4. The third-order valence-corrected chi connectivity index (χ3v) is 2.24. The molecule has 0 aromatic heterocycles. The van der Waals surface area contributed by atoms with Crippen LogP contribution < -0.4 is 22.1 Å². The smallest absolute Gasteiger partial charge is 0.312 e.